The Bertz CT molecular complexity index is 811. The Hall–Kier alpha value is -3.28. The van der Waals surface area contributed by atoms with Gasteiger partial charge in [-0.05, 0) is 18.8 Å². The molecule has 1 amide bonds. The minimum atomic E-state index is -0.694. The van der Waals surface area contributed by atoms with Crippen molar-refractivity contribution in [3.63, 3.8) is 0 Å². The molecule has 2 aromatic rings. The van der Waals surface area contributed by atoms with Crippen molar-refractivity contribution in [1.82, 2.24) is 20.2 Å². The first-order valence-corrected chi connectivity index (χ1v) is 8.45. The molecule has 1 aliphatic rings. The molecule has 26 heavy (non-hydrogen) atoms. The van der Waals surface area contributed by atoms with E-state index in [1.165, 1.54) is 31.7 Å². The summed E-state index contributed by atoms with van der Waals surface area (Å²) in [5.74, 6) is 0.803. The van der Waals surface area contributed by atoms with E-state index in [1.54, 1.807) is 6.07 Å². The number of nitrogens with two attached hydrogens (primary N) is 1. The van der Waals surface area contributed by atoms with Crippen molar-refractivity contribution in [2.24, 2.45) is 11.7 Å². The lowest BCUT2D eigenvalue weighted by atomic mass is 9.90. The summed E-state index contributed by atoms with van der Waals surface area (Å²) in [5.41, 5.74) is 5.57. The standard InChI is InChI=1S/C17H19N7O2/c18-7-12-8-21-15(9-20-12)22-14-6-13(16(17(19)25)24-23-14)26-10-11-4-2-1-3-5-11/h6,8-9,11H,1-5,10H2,(H2,19,25)(H,21,22,23). The zero-order chi connectivity index (χ0) is 18.4. The molecule has 0 spiro atoms. The molecule has 134 valence electrons. The van der Waals surface area contributed by atoms with Crippen molar-refractivity contribution in [2.45, 2.75) is 32.1 Å². The lowest BCUT2D eigenvalue weighted by Gasteiger charge is -2.22. The van der Waals surface area contributed by atoms with Gasteiger partial charge in [0.15, 0.2) is 23.0 Å². The van der Waals surface area contributed by atoms with Crippen molar-refractivity contribution in [1.29, 1.82) is 5.26 Å². The average molecular weight is 353 g/mol. The second-order valence-corrected chi connectivity index (χ2v) is 6.15. The first kappa shape index (κ1) is 17.5. The van der Waals surface area contributed by atoms with Crippen LogP contribution in [-0.4, -0.2) is 32.7 Å². The normalized spacial score (nSPS) is 14.4. The van der Waals surface area contributed by atoms with Crippen molar-refractivity contribution < 1.29 is 9.53 Å². The number of amides is 1. The molecular formula is C17H19N7O2. The number of carbonyl (C=O) groups excluding carboxylic acids is 1. The largest absolute Gasteiger partial charge is 0.491 e. The van der Waals surface area contributed by atoms with Crippen molar-refractivity contribution >= 4 is 17.5 Å². The number of primary amides is 1. The molecule has 0 saturated heterocycles. The first-order valence-electron chi connectivity index (χ1n) is 8.45. The number of nitriles is 1. The fourth-order valence-electron chi connectivity index (χ4n) is 2.86. The number of carbonyl (C=O) groups is 1. The maximum Gasteiger partial charge on any atom is 0.273 e. The van der Waals surface area contributed by atoms with Crippen LogP contribution in [0.4, 0.5) is 11.6 Å². The van der Waals surface area contributed by atoms with E-state index in [-0.39, 0.29) is 11.4 Å². The Kier molecular flexibility index (Phi) is 5.53. The first-order chi connectivity index (χ1) is 12.7. The molecule has 1 aliphatic carbocycles. The van der Waals surface area contributed by atoms with E-state index < -0.39 is 5.91 Å². The van der Waals surface area contributed by atoms with Crippen LogP contribution in [0.2, 0.25) is 0 Å². The highest BCUT2D eigenvalue weighted by Crippen LogP contribution is 2.26. The van der Waals surface area contributed by atoms with Crippen LogP contribution in [0.25, 0.3) is 0 Å². The molecule has 2 heterocycles. The Morgan fingerprint density at radius 1 is 1.23 bits per heavy atom. The Morgan fingerprint density at radius 3 is 2.69 bits per heavy atom. The molecule has 2 aromatic heterocycles. The van der Waals surface area contributed by atoms with Gasteiger partial charge in [0.25, 0.3) is 5.91 Å². The molecule has 0 unspecified atom stereocenters. The van der Waals surface area contributed by atoms with Crippen LogP contribution in [0.1, 0.15) is 48.3 Å². The maximum atomic E-state index is 11.6. The summed E-state index contributed by atoms with van der Waals surface area (Å²) in [5, 5.41) is 19.4. The second-order valence-electron chi connectivity index (χ2n) is 6.15. The molecule has 0 aromatic carbocycles. The van der Waals surface area contributed by atoms with Crippen LogP contribution >= 0.6 is 0 Å². The number of hydrogen-bond donors (Lipinski definition) is 2. The summed E-state index contributed by atoms with van der Waals surface area (Å²) in [4.78, 5) is 19.6. The molecule has 0 atom stereocenters. The van der Waals surface area contributed by atoms with E-state index in [2.05, 4.69) is 25.5 Å². The summed E-state index contributed by atoms with van der Waals surface area (Å²) in [6.45, 7) is 0.516. The van der Waals surface area contributed by atoms with Crippen molar-refractivity contribution in [3.8, 4) is 11.8 Å². The van der Waals surface area contributed by atoms with Gasteiger partial charge in [-0.1, -0.05) is 19.3 Å². The lowest BCUT2D eigenvalue weighted by Crippen LogP contribution is -2.20. The van der Waals surface area contributed by atoms with E-state index in [9.17, 15) is 4.79 Å². The van der Waals surface area contributed by atoms with Gasteiger partial charge in [0.05, 0.1) is 19.0 Å². The van der Waals surface area contributed by atoms with Gasteiger partial charge in [-0.15, -0.1) is 10.2 Å². The number of anilines is 2. The molecule has 0 radical (unpaired) electrons. The minimum absolute atomic E-state index is 0.00253. The summed E-state index contributed by atoms with van der Waals surface area (Å²) < 4.78 is 5.83. The highest BCUT2D eigenvalue weighted by molar-refractivity contribution is 5.93. The number of aromatic nitrogens is 4. The monoisotopic (exact) mass is 353 g/mol. The van der Waals surface area contributed by atoms with Gasteiger partial charge in [0.2, 0.25) is 0 Å². The summed E-state index contributed by atoms with van der Waals surface area (Å²) in [6, 6.07) is 3.46. The van der Waals surface area contributed by atoms with Crippen LogP contribution in [0.3, 0.4) is 0 Å². The number of rotatable bonds is 6. The van der Waals surface area contributed by atoms with Gasteiger partial charge in [0, 0.05) is 6.07 Å². The van der Waals surface area contributed by atoms with Crippen molar-refractivity contribution in [3.05, 3.63) is 29.8 Å². The van der Waals surface area contributed by atoms with E-state index in [1.807, 2.05) is 6.07 Å². The molecule has 3 rings (SSSR count). The maximum absolute atomic E-state index is 11.6. The predicted octanol–water partition coefficient (Wildman–Crippen LogP) is 1.94. The van der Waals surface area contributed by atoms with E-state index in [0.717, 1.165) is 12.8 Å². The fourth-order valence-corrected chi connectivity index (χ4v) is 2.86. The van der Waals surface area contributed by atoms with E-state index in [0.29, 0.717) is 29.9 Å². The summed E-state index contributed by atoms with van der Waals surface area (Å²) >= 11 is 0. The topological polar surface area (TPSA) is 140 Å². The number of hydrogen-bond acceptors (Lipinski definition) is 8. The smallest absolute Gasteiger partial charge is 0.273 e. The highest BCUT2D eigenvalue weighted by atomic mass is 16.5. The number of ether oxygens (including phenoxy) is 1. The predicted molar refractivity (Wildman–Crippen MR) is 92.6 cm³/mol. The molecule has 9 nitrogen and oxygen atoms in total. The highest BCUT2D eigenvalue weighted by Gasteiger charge is 2.18. The molecule has 0 bridgehead atoms. The van der Waals surface area contributed by atoms with Crippen LogP contribution < -0.4 is 15.8 Å². The Morgan fingerprint density at radius 2 is 2.04 bits per heavy atom. The lowest BCUT2D eigenvalue weighted by molar-refractivity contribution is 0.0988. The quantitative estimate of drug-likeness (QED) is 0.803. The van der Waals surface area contributed by atoms with Gasteiger partial charge in [-0.25, -0.2) is 9.97 Å². The van der Waals surface area contributed by atoms with Crippen molar-refractivity contribution in [2.75, 3.05) is 11.9 Å². The van der Waals surface area contributed by atoms with Crippen LogP contribution in [-0.2, 0) is 0 Å². The van der Waals surface area contributed by atoms with Gasteiger partial charge >= 0.3 is 0 Å². The number of nitrogens with one attached hydrogen (secondary N) is 1. The molecule has 3 N–H and O–H groups in total. The zero-order valence-corrected chi connectivity index (χ0v) is 14.2. The molecular weight excluding hydrogens is 334 g/mol. The van der Waals surface area contributed by atoms with Crippen LogP contribution in [0.5, 0.6) is 5.75 Å². The van der Waals surface area contributed by atoms with E-state index in [4.69, 9.17) is 15.7 Å². The van der Waals surface area contributed by atoms with Gasteiger partial charge in [-0.2, -0.15) is 5.26 Å². The Labute approximate surface area is 150 Å². The zero-order valence-electron chi connectivity index (χ0n) is 14.2. The third kappa shape index (κ3) is 4.42. The van der Waals surface area contributed by atoms with Gasteiger partial charge < -0.3 is 15.8 Å². The van der Waals surface area contributed by atoms with Gasteiger partial charge in [0.1, 0.15) is 11.9 Å². The SMILES string of the molecule is N#Cc1cnc(Nc2cc(OCC3CCCCC3)c(C(N)=O)nn2)cn1. The van der Waals surface area contributed by atoms with Crippen LogP contribution in [0.15, 0.2) is 18.5 Å². The Balaban J connectivity index is 1.74. The van der Waals surface area contributed by atoms with Gasteiger partial charge in [-0.3, -0.25) is 4.79 Å². The fraction of sp³-hybridized carbons (Fsp3) is 0.412. The van der Waals surface area contributed by atoms with Crippen LogP contribution in [0, 0.1) is 17.2 Å². The average Bonchev–Trinajstić information content (AvgIpc) is 2.68. The third-order valence-electron chi connectivity index (χ3n) is 4.21. The van der Waals surface area contributed by atoms with E-state index >= 15 is 0 Å². The minimum Gasteiger partial charge on any atom is -0.491 e. The summed E-state index contributed by atoms with van der Waals surface area (Å²) in [7, 11) is 0. The summed E-state index contributed by atoms with van der Waals surface area (Å²) in [6.07, 6.45) is 8.66. The molecule has 0 aliphatic heterocycles. The molecule has 1 saturated carbocycles. The number of nitrogens with zero attached hydrogens (tertiary/aromatic N) is 5. The molecule has 9 heteroatoms. The third-order valence-corrected chi connectivity index (χ3v) is 4.21. The molecule has 1 fully saturated rings. The second kappa shape index (κ2) is 8.20.